The number of unbranched alkanes of at least 4 members (excludes halogenated alkanes) is 1. The van der Waals surface area contributed by atoms with Crippen LogP contribution in [0.25, 0.3) is 0 Å². The van der Waals surface area contributed by atoms with Crippen LogP contribution in [0.2, 0.25) is 0 Å². The number of ether oxygens (including phenoxy) is 1. The van der Waals surface area contributed by atoms with Crippen LogP contribution in [0.3, 0.4) is 0 Å². The van der Waals surface area contributed by atoms with Crippen LogP contribution in [0.1, 0.15) is 35.7 Å². The van der Waals surface area contributed by atoms with Gasteiger partial charge in [0.1, 0.15) is 12.0 Å². The minimum atomic E-state index is -0.355. The van der Waals surface area contributed by atoms with Gasteiger partial charge in [0.15, 0.2) is 0 Å². The summed E-state index contributed by atoms with van der Waals surface area (Å²) in [5.74, 6) is 0.355. The van der Waals surface area contributed by atoms with E-state index < -0.39 is 0 Å². The molecule has 1 rings (SSSR count). The Labute approximate surface area is 119 Å². The first-order chi connectivity index (χ1) is 9.60. The highest BCUT2D eigenvalue weighted by Crippen LogP contribution is 2.21. The molecule has 0 radical (unpaired) electrons. The van der Waals surface area contributed by atoms with Crippen molar-refractivity contribution in [1.82, 2.24) is 4.90 Å². The zero-order valence-corrected chi connectivity index (χ0v) is 12.1. The topological polar surface area (TPSA) is 72.6 Å². The van der Waals surface area contributed by atoms with Gasteiger partial charge >= 0.3 is 0 Å². The van der Waals surface area contributed by atoms with Gasteiger partial charge in [-0.2, -0.15) is 0 Å². The van der Waals surface area contributed by atoms with Crippen LogP contribution in [-0.4, -0.2) is 37.3 Å². The molecule has 1 amide bonds. The SMILES string of the molecule is CCCCN(CC(N)=O)Cc1cc(C=O)ccc1OC. The van der Waals surface area contributed by atoms with Crippen molar-refractivity contribution >= 4 is 12.2 Å². The fourth-order valence-corrected chi connectivity index (χ4v) is 2.05. The van der Waals surface area contributed by atoms with Crippen LogP contribution in [0.4, 0.5) is 0 Å². The average Bonchev–Trinajstić information content (AvgIpc) is 2.44. The van der Waals surface area contributed by atoms with Gasteiger partial charge in [0.05, 0.1) is 13.7 Å². The van der Waals surface area contributed by atoms with Gasteiger partial charge in [-0.25, -0.2) is 0 Å². The molecule has 0 saturated heterocycles. The minimum absolute atomic E-state index is 0.203. The molecule has 0 unspecified atom stereocenters. The number of carbonyl (C=O) groups excluding carboxylic acids is 2. The molecular weight excluding hydrogens is 256 g/mol. The van der Waals surface area contributed by atoms with Crippen molar-refractivity contribution in [3.63, 3.8) is 0 Å². The number of nitrogens with zero attached hydrogens (tertiary/aromatic N) is 1. The monoisotopic (exact) mass is 278 g/mol. The third-order valence-corrected chi connectivity index (χ3v) is 3.04. The van der Waals surface area contributed by atoms with E-state index in [2.05, 4.69) is 6.92 Å². The van der Waals surface area contributed by atoms with Gasteiger partial charge in [0, 0.05) is 17.7 Å². The third-order valence-electron chi connectivity index (χ3n) is 3.04. The quantitative estimate of drug-likeness (QED) is 0.696. The highest BCUT2D eigenvalue weighted by atomic mass is 16.5. The van der Waals surface area contributed by atoms with Crippen LogP contribution in [0, 0.1) is 0 Å². The molecule has 0 spiro atoms. The lowest BCUT2D eigenvalue weighted by molar-refractivity contribution is -0.119. The zero-order chi connectivity index (χ0) is 15.0. The van der Waals surface area contributed by atoms with Gasteiger partial charge in [-0.15, -0.1) is 0 Å². The van der Waals surface area contributed by atoms with Crippen LogP contribution in [0.5, 0.6) is 5.75 Å². The number of amides is 1. The Morgan fingerprint density at radius 3 is 2.75 bits per heavy atom. The van der Waals surface area contributed by atoms with E-state index in [0.717, 1.165) is 31.2 Å². The number of benzene rings is 1. The van der Waals surface area contributed by atoms with Gasteiger partial charge in [-0.3, -0.25) is 14.5 Å². The van der Waals surface area contributed by atoms with Crippen molar-refractivity contribution in [2.75, 3.05) is 20.2 Å². The summed E-state index contributed by atoms with van der Waals surface area (Å²) in [6.45, 7) is 3.62. The molecule has 5 heteroatoms. The number of carbonyl (C=O) groups is 2. The summed E-state index contributed by atoms with van der Waals surface area (Å²) in [6.07, 6.45) is 2.83. The van der Waals surface area contributed by atoms with Crippen molar-refractivity contribution in [1.29, 1.82) is 0 Å². The second-order valence-electron chi connectivity index (χ2n) is 4.72. The zero-order valence-electron chi connectivity index (χ0n) is 12.1. The molecule has 0 aliphatic rings. The average molecular weight is 278 g/mol. The molecule has 0 bridgehead atoms. The summed E-state index contributed by atoms with van der Waals surface area (Å²) < 4.78 is 5.30. The Bertz CT molecular complexity index is 460. The molecule has 5 nitrogen and oxygen atoms in total. The van der Waals surface area contributed by atoms with Gasteiger partial charge in [0.25, 0.3) is 0 Å². The van der Waals surface area contributed by atoms with Crippen LogP contribution < -0.4 is 10.5 Å². The number of methoxy groups -OCH3 is 1. The Hall–Kier alpha value is -1.88. The minimum Gasteiger partial charge on any atom is -0.496 e. The normalized spacial score (nSPS) is 10.6. The van der Waals surface area contributed by atoms with Crippen LogP contribution >= 0.6 is 0 Å². The third kappa shape index (κ3) is 5.01. The smallest absolute Gasteiger partial charge is 0.231 e. The lowest BCUT2D eigenvalue weighted by Crippen LogP contribution is -2.34. The Morgan fingerprint density at radius 1 is 1.45 bits per heavy atom. The van der Waals surface area contributed by atoms with Gasteiger partial charge < -0.3 is 10.5 Å². The van der Waals surface area contributed by atoms with Gasteiger partial charge in [-0.05, 0) is 31.2 Å². The molecule has 0 fully saturated rings. The second-order valence-corrected chi connectivity index (χ2v) is 4.72. The van der Waals surface area contributed by atoms with Gasteiger partial charge in [-0.1, -0.05) is 13.3 Å². The van der Waals surface area contributed by atoms with Crippen molar-refractivity contribution in [2.45, 2.75) is 26.3 Å². The van der Waals surface area contributed by atoms with Crippen molar-refractivity contribution < 1.29 is 14.3 Å². The molecule has 0 aromatic heterocycles. The molecule has 110 valence electrons. The molecular formula is C15H22N2O3. The summed E-state index contributed by atoms with van der Waals surface area (Å²) in [6, 6.07) is 5.26. The Kier molecular flexibility index (Phi) is 6.73. The first-order valence-electron chi connectivity index (χ1n) is 6.73. The standard InChI is InChI=1S/C15H22N2O3/c1-3-4-7-17(10-15(16)19)9-13-8-12(11-18)5-6-14(13)20-2/h5-6,8,11H,3-4,7,9-10H2,1-2H3,(H2,16,19). The van der Waals surface area contributed by atoms with Crippen molar-refractivity contribution in [2.24, 2.45) is 5.73 Å². The number of primary amides is 1. The Morgan fingerprint density at radius 2 is 2.20 bits per heavy atom. The second kappa shape index (κ2) is 8.32. The van der Waals surface area contributed by atoms with E-state index in [1.54, 1.807) is 25.3 Å². The fourth-order valence-electron chi connectivity index (χ4n) is 2.05. The molecule has 0 heterocycles. The largest absolute Gasteiger partial charge is 0.496 e. The van der Waals surface area contributed by atoms with Crippen LogP contribution in [0.15, 0.2) is 18.2 Å². The maximum atomic E-state index is 11.1. The molecule has 20 heavy (non-hydrogen) atoms. The first-order valence-corrected chi connectivity index (χ1v) is 6.73. The predicted molar refractivity (Wildman–Crippen MR) is 77.8 cm³/mol. The lowest BCUT2D eigenvalue weighted by atomic mass is 10.1. The summed E-state index contributed by atoms with van der Waals surface area (Å²) in [4.78, 5) is 24.0. The summed E-state index contributed by atoms with van der Waals surface area (Å²) in [7, 11) is 1.59. The Balaban J connectivity index is 2.89. The van der Waals surface area contributed by atoms with E-state index in [9.17, 15) is 9.59 Å². The van der Waals surface area contributed by atoms with E-state index >= 15 is 0 Å². The predicted octanol–water partition coefficient (Wildman–Crippen LogP) is 1.60. The van der Waals surface area contributed by atoms with Crippen molar-refractivity contribution in [3.05, 3.63) is 29.3 Å². The summed E-state index contributed by atoms with van der Waals surface area (Å²) >= 11 is 0. The fraction of sp³-hybridized carbons (Fsp3) is 0.467. The number of rotatable bonds is 9. The van der Waals surface area contributed by atoms with Crippen LogP contribution in [-0.2, 0) is 11.3 Å². The molecule has 0 aliphatic carbocycles. The van der Waals surface area contributed by atoms with E-state index in [-0.39, 0.29) is 12.5 Å². The lowest BCUT2D eigenvalue weighted by Gasteiger charge is -2.21. The molecule has 2 N–H and O–H groups in total. The number of nitrogens with two attached hydrogens (primary N) is 1. The molecule has 1 aromatic carbocycles. The number of hydrogen-bond donors (Lipinski definition) is 1. The van der Waals surface area contributed by atoms with Gasteiger partial charge in [0.2, 0.25) is 5.91 Å². The van der Waals surface area contributed by atoms with E-state index in [1.165, 1.54) is 0 Å². The van der Waals surface area contributed by atoms with E-state index in [4.69, 9.17) is 10.5 Å². The number of aldehydes is 1. The first kappa shape index (κ1) is 16.2. The molecule has 0 atom stereocenters. The van der Waals surface area contributed by atoms with E-state index in [0.29, 0.717) is 17.9 Å². The van der Waals surface area contributed by atoms with E-state index in [1.807, 2.05) is 4.90 Å². The molecule has 0 saturated carbocycles. The summed E-state index contributed by atoms with van der Waals surface area (Å²) in [5.41, 5.74) is 6.75. The maximum absolute atomic E-state index is 11.1. The molecule has 0 aliphatic heterocycles. The molecule has 1 aromatic rings. The highest BCUT2D eigenvalue weighted by molar-refractivity contribution is 5.76. The van der Waals surface area contributed by atoms with Crippen molar-refractivity contribution in [3.8, 4) is 5.75 Å². The maximum Gasteiger partial charge on any atom is 0.231 e. The summed E-state index contributed by atoms with van der Waals surface area (Å²) in [5, 5.41) is 0. The highest BCUT2D eigenvalue weighted by Gasteiger charge is 2.12. The number of hydrogen-bond acceptors (Lipinski definition) is 4.